The highest BCUT2D eigenvalue weighted by molar-refractivity contribution is 7.98. The summed E-state index contributed by atoms with van der Waals surface area (Å²) in [6, 6.07) is 7.82. The van der Waals surface area contributed by atoms with Crippen molar-refractivity contribution in [2.45, 2.75) is 37.9 Å². The second kappa shape index (κ2) is 9.47. The van der Waals surface area contributed by atoms with Crippen molar-refractivity contribution in [3.8, 4) is 0 Å². The fraction of sp³-hybridized carbons (Fsp3) is 0.500. The van der Waals surface area contributed by atoms with Gasteiger partial charge in [0.15, 0.2) is 0 Å². The van der Waals surface area contributed by atoms with E-state index < -0.39 is 18.0 Å². The maximum Gasteiger partial charge on any atom is 0.326 e. The summed E-state index contributed by atoms with van der Waals surface area (Å²) in [6.07, 6.45) is 2.45. The normalized spacial score (nSPS) is 19.1. The molecule has 0 bridgehead atoms. The van der Waals surface area contributed by atoms with Crippen LogP contribution in [0.5, 0.6) is 0 Å². The fourth-order valence-electron chi connectivity index (χ4n) is 2.99. The van der Waals surface area contributed by atoms with Crippen LogP contribution in [0.2, 0.25) is 0 Å². The van der Waals surface area contributed by atoms with Crippen molar-refractivity contribution in [3.05, 3.63) is 35.9 Å². The Hall–Kier alpha value is -2.22. The first kappa shape index (κ1) is 20.1. The average Bonchev–Trinajstić information content (AvgIpc) is 2.98. The summed E-state index contributed by atoms with van der Waals surface area (Å²) in [5, 5.41) is 14.4. The third kappa shape index (κ3) is 5.39. The van der Waals surface area contributed by atoms with Crippen LogP contribution in [0.3, 0.4) is 0 Å². The molecule has 7 nitrogen and oxygen atoms in total. The quantitative estimate of drug-likeness (QED) is 0.640. The number of amides is 3. The van der Waals surface area contributed by atoms with Crippen molar-refractivity contribution >= 4 is 29.7 Å². The molecule has 3 amide bonds. The van der Waals surface area contributed by atoms with E-state index in [1.54, 1.807) is 4.90 Å². The van der Waals surface area contributed by atoms with Crippen molar-refractivity contribution in [2.75, 3.05) is 18.6 Å². The number of carbonyl (C=O) groups is 3. The van der Waals surface area contributed by atoms with Gasteiger partial charge in [0.05, 0.1) is 12.1 Å². The van der Waals surface area contributed by atoms with Crippen molar-refractivity contribution in [2.24, 2.45) is 0 Å². The Morgan fingerprint density at radius 3 is 2.65 bits per heavy atom. The van der Waals surface area contributed by atoms with E-state index in [0.29, 0.717) is 18.7 Å². The molecule has 2 rings (SSSR count). The molecule has 0 radical (unpaired) electrons. The van der Waals surface area contributed by atoms with Gasteiger partial charge in [0.1, 0.15) is 6.04 Å². The summed E-state index contributed by atoms with van der Waals surface area (Å²) in [4.78, 5) is 37.4. The van der Waals surface area contributed by atoms with Crippen LogP contribution in [0.25, 0.3) is 0 Å². The molecule has 26 heavy (non-hydrogen) atoms. The predicted octanol–water partition coefficient (Wildman–Crippen LogP) is 1.85. The lowest BCUT2D eigenvalue weighted by Gasteiger charge is -2.25. The number of carbonyl (C=O) groups excluding carboxylic acids is 2. The van der Waals surface area contributed by atoms with Gasteiger partial charge in [-0.25, -0.2) is 9.59 Å². The van der Waals surface area contributed by atoms with Gasteiger partial charge in [-0.3, -0.25) is 4.79 Å². The standard InChI is InChI=1S/C18H25N3O4S/c1-12(13-6-4-3-5-7-13)21-11-14(10-16(21)22)19-18(25)20-15(17(23)24)8-9-26-2/h3-7,12,14-15H,8-11H2,1-2H3,(H,23,24)(H2,19,20,25). The summed E-state index contributed by atoms with van der Waals surface area (Å²) in [5.41, 5.74) is 1.04. The first-order valence-corrected chi connectivity index (χ1v) is 9.95. The molecule has 1 aromatic carbocycles. The van der Waals surface area contributed by atoms with Gasteiger partial charge in [0.25, 0.3) is 0 Å². The molecule has 3 unspecified atom stereocenters. The molecule has 0 aliphatic carbocycles. The lowest BCUT2D eigenvalue weighted by molar-refractivity contribution is -0.139. The van der Waals surface area contributed by atoms with Gasteiger partial charge >= 0.3 is 12.0 Å². The number of urea groups is 1. The molecule has 1 saturated heterocycles. The largest absolute Gasteiger partial charge is 0.480 e. The van der Waals surface area contributed by atoms with E-state index >= 15 is 0 Å². The first-order valence-electron chi connectivity index (χ1n) is 8.55. The Bertz CT molecular complexity index is 641. The number of carboxylic acid groups (broad SMARTS) is 1. The molecule has 1 aliphatic heterocycles. The maximum atomic E-state index is 12.3. The summed E-state index contributed by atoms with van der Waals surface area (Å²) in [5.74, 6) is -0.443. The summed E-state index contributed by atoms with van der Waals surface area (Å²) < 4.78 is 0. The SMILES string of the molecule is CSCCC(NC(=O)NC1CC(=O)N(C(C)c2ccccc2)C1)C(=O)O. The van der Waals surface area contributed by atoms with Crippen LogP contribution in [-0.2, 0) is 9.59 Å². The van der Waals surface area contributed by atoms with Gasteiger partial charge in [-0.15, -0.1) is 0 Å². The van der Waals surface area contributed by atoms with E-state index in [1.165, 1.54) is 11.8 Å². The van der Waals surface area contributed by atoms with Gasteiger partial charge in [-0.1, -0.05) is 30.3 Å². The molecular formula is C18H25N3O4S. The Morgan fingerprint density at radius 1 is 1.35 bits per heavy atom. The molecule has 0 spiro atoms. The minimum Gasteiger partial charge on any atom is -0.480 e. The van der Waals surface area contributed by atoms with E-state index in [2.05, 4.69) is 10.6 Å². The predicted molar refractivity (Wildman–Crippen MR) is 101 cm³/mol. The number of aliphatic carboxylic acids is 1. The minimum atomic E-state index is -1.06. The number of rotatable bonds is 8. The molecule has 3 atom stereocenters. The number of benzene rings is 1. The van der Waals surface area contributed by atoms with Crippen LogP contribution < -0.4 is 10.6 Å². The zero-order valence-corrected chi connectivity index (χ0v) is 15.8. The highest BCUT2D eigenvalue weighted by Gasteiger charge is 2.34. The minimum absolute atomic E-state index is 0.0242. The number of nitrogens with one attached hydrogen (secondary N) is 2. The Kier molecular flexibility index (Phi) is 7.32. The topological polar surface area (TPSA) is 98.7 Å². The molecule has 0 aromatic heterocycles. The maximum absolute atomic E-state index is 12.3. The number of likely N-dealkylation sites (tertiary alicyclic amines) is 1. The van der Waals surface area contributed by atoms with E-state index in [-0.39, 0.29) is 24.4 Å². The van der Waals surface area contributed by atoms with E-state index in [0.717, 1.165) is 5.56 Å². The average molecular weight is 379 g/mol. The summed E-state index contributed by atoms with van der Waals surface area (Å²) in [6.45, 7) is 2.36. The highest BCUT2D eigenvalue weighted by atomic mass is 32.2. The van der Waals surface area contributed by atoms with Crippen molar-refractivity contribution in [1.82, 2.24) is 15.5 Å². The van der Waals surface area contributed by atoms with Crippen LogP contribution in [0, 0.1) is 0 Å². The monoisotopic (exact) mass is 379 g/mol. The lowest BCUT2D eigenvalue weighted by atomic mass is 10.1. The molecule has 1 aromatic rings. The van der Waals surface area contributed by atoms with Crippen molar-refractivity contribution in [1.29, 1.82) is 0 Å². The van der Waals surface area contributed by atoms with Crippen LogP contribution in [-0.4, -0.2) is 58.6 Å². The van der Waals surface area contributed by atoms with E-state index in [4.69, 9.17) is 0 Å². The van der Waals surface area contributed by atoms with Crippen LogP contribution in [0.15, 0.2) is 30.3 Å². The molecule has 1 fully saturated rings. The highest BCUT2D eigenvalue weighted by Crippen LogP contribution is 2.25. The van der Waals surface area contributed by atoms with Crippen LogP contribution >= 0.6 is 11.8 Å². The van der Waals surface area contributed by atoms with Gasteiger partial charge in [0.2, 0.25) is 5.91 Å². The smallest absolute Gasteiger partial charge is 0.326 e. The number of hydrogen-bond acceptors (Lipinski definition) is 4. The van der Waals surface area contributed by atoms with Gasteiger partial charge in [-0.2, -0.15) is 11.8 Å². The van der Waals surface area contributed by atoms with E-state index in [9.17, 15) is 19.5 Å². The van der Waals surface area contributed by atoms with Crippen molar-refractivity contribution in [3.63, 3.8) is 0 Å². The van der Waals surface area contributed by atoms with Gasteiger partial charge in [-0.05, 0) is 30.9 Å². The van der Waals surface area contributed by atoms with Gasteiger partial charge in [0, 0.05) is 13.0 Å². The summed E-state index contributed by atoms with van der Waals surface area (Å²) >= 11 is 1.52. The second-order valence-corrected chi connectivity index (χ2v) is 7.31. The number of nitrogens with zero attached hydrogens (tertiary/aromatic N) is 1. The molecule has 1 aliphatic rings. The third-order valence-electron chi connectivity index (χ3n) is 4.46. The van der Waals surface area contributed by atoms with Crippen molar-refractivity contribution < 1.29 is 19.5 Å². The van der Waals surface area contributed by atoms with Crippen LogP contribution in [0.1, 0.15) is 31.4 Å². The lowest BCUT2D eigenvalue weighted by Crippen LogP contribution is -2.49. The molecule has 0 saturated carbocycles. The zero-order valence-electron chi connectivity index (χ0n) is 15.0. The second-order valence-electron chi connectivity index (χ2n) is 6.32. The van der Waals surface area contributed by atoms with E-state index in [1.807, 2.05) is 43.5 Å². The fourth-order valence-corrected chi connectivity index (χ4v) is 3.46. The van der Waals surface area contributed by atoms with Crippen LogP contribution in [0.4, 0.5) is 4.79 Å². The molecule has 142 valence electrons. The Labute approximate surface area is 157 Å². The Morgan fingerprint density at radius 2 is 2.04 bits per heavy atom. The molecular weight excluding hydrogens is 354 g/mol. The molecule has 8 heteroatoms. The number of hydrogen-bond donors (Lipinski definition) is 3. The zero-order chi connectivity index (χ0) is 19.1. The summed E-state index contributed by atoms with van der Waals surface area (Å²) in [7, 11) is 0. The first-order chi connectivity index (χ1) is 12.4. The number of carboxylic acids is 1. The van der Waals surface area contributed by atoms with Gasteiger partial charge < -0.3 is 20.6 Å². The molecule has 1 heterocycles. The molecule has 3 N–H and O–H groups in total. The Balaban J connectivity index is 1.90. The third-order valence-corrected chi connectivity index (χ3v) is 5.10. The number of thioether (sulfide) groups is 1.